The lowest BCUT2D eigenvalue weighted by molar-refractivity contribution is 1.19. The molecule has 0 aliphatic rings. The number of benzene rings is 23. The molecule has 0 saturated carbocycles. The normalized spacial score (nSPS) is 11.7. The molecule has 0 spiro atoms. The van der Waals surface area contributed by atoms with Gasteiger partial charge in [-0.05, 0) is 234 Å². The van der Waals surface area contributed by atoms with E-state index in [0.717, 1.165) is 105 Å². The van der Waals surface area contributed by atoms with Gasteiger partial charge in [0.2, 0.25) is 0 Å². The highest BCUT2D eigenvalue weighted by molar-refractivity contribution is 6.32. The van der Waals surface area contributed by atoms with Crippen LogP contribution in [0.4, 0.5) is 0 Å². The molecular formula is C130H82N6. The van der Waals surface area contributed by atoms with E-state index in [-0.39, 0.29) is 0 Å². The first-order valence-corrected chi connectivity index (χ1v) is 46.5. The van der Waals surface area contributed by atoms with Gasteiger partial charge in [-0.3, -0.25) is 0 Å². The summed E-state index contributed by atoms with van der Waals surface area (Å²) in [6.45, 7) is 0. The summed E-state index contributed by atoms with van der Waals surface area (Å²) in [5.74, 6) is 1.40. The maximum Gasteiger partial charge on any atom is 0.161 e. The number of hydrogen-bond acceptors (Lipinski definition) is 4. The van der Waals surface area contributed by atoms with Gasteiger partial charge in [0.1, 0.15) is 0 Å². The van der Waals surface area contributed by atoms with E-state index in [4.69, 9.17) is 19.9 Å². The fourth-order valence-electron chi connectivity index (χ4n) is 21.1. The molecule has 0 radical (unpaired) electrons. The van der Waals surface area contributed by atoms with Crippen molar-refractivity contribution in [3.8, 4) is 135 Å². The van der Waals surface area contributed by atoms with E-state index in [0.29, 0.717) is 11.6 Å². The Balaban J connectivity index is 0.000000142. The molecule has 0 N–H and O–H groups in total. The Bertz CT molecular complexity index is 9230. The molecule has 27 aromatic rings. The molecule has 136 heavy (non-hydrogen) atoms. The molecule has 0 aliphatic carbocycles. The number of aromatic nitrogens is 6. The minimum Gasteiger partial charge on any atom is -0.309 e. The first-order valence-electron chi connectivity index (χ1n) is 46.5. The van der Waals surface area contributed by atoms with Crippen LogP contribution in [0.25, 0.3) is 265 Å². The maximum atomic E-state index is 5.49. The summed E-state index contributed by atoms with van der Waals surface area (Å²) in [5, 5.41) is 21.6. The Morgan fingerprint density at radius 2 is 0.471 bits per heavy atom. The number of rotatable bonds is 13. The van der Waals surface area contributed by atoms with E-state index in [9.17, 15) is 0 Å². The highest BCUT2D eigenvalue weighted by Gasteiger charge is 2.26. The van der Waals surface area contributed by atoms with Crippen molar-refractivity contribution < 1.29 is 0 Å². The second kappa shape index (κ2) is 33.1. The zero-order valence-electron chi connectivity index (χ0n) is 74.0. The van der Waals surface area contributed by atoms with Gasteiger partial charge in [0.05, 0.1) is 50.2 Å². The third-order valence-electron chi connectivity index (χ3n) is 27.5. The third-order valence-corrected chi connectivity index (χ3v) is 27.5. The first-order chi connectivity index (χ1) is 67.4. The Kier molecular flexibility index (Phi) is 19.2. The summed E-state index contributed by atoms with van der Waals surface area (Å²) < 4.78 is 4.93. The Labute approximate surface area is 785 Å². The summed E-state index contributed by atoms with van der Waals surface area (Å²) in [6.07, 6.45) is 0. The molecule has 0 atom stereocenters. The van der Waals surface area contributed by atoms with Crippen molar-refractivity contribution in [3.05, 3.63) is 497 Å². The van der Waals surface area contributed by atoms with Gasteiger partial charge in [-0.15, -0.1) is 0 Å². The lowest BCUT2D eigenvalue weighted by Crippen LogP contribution is -1.99. The van der Waals surface area contributed by atoms with Crippen LogP contribution in [0.1, 0.15) is 0 Å². The Morgan fingerprint density at radius 3 is 0.904 bits per heavy atom. The van der Waals surface area contributed by atoms with Crippen molar-refractivity contribution in [2.45, 2.75) is 0 Å². The van der Waals surface area contributed by atoms with Gasteiger partial charge in [-0.1, -0.05) is 400 Å². The van der Waals surface area contributed by atoms with Gasteiger partial charge in [-0.2, -0.15) is 0 Å². The van der Waals surface area contributed by atoms with Crippen molar-refractivity contribution in [2.24, 2.45) is 0 Å². The fraction of sp³-hybridized carbons (Fsp3) is 0. The minimum atomic E-state index is 0.694. The van der Waals surface area contributed by atoms with Crippen LogP contribution >= 0.6 is 0 Å². The largest absolute Gasteiger partial charge is 0.309 e. The van der Waals surface area contributed by atoms with E-state index in [1.54, 1.807) is 0 Å². The van der Waals surface area contributed by atoms with Gasteiger partial charge in [0.15, 0.2) is 11.6 Å². The monoisotopic (exact) mass is 1730 g/mol. The summed E-state index contributed by atoms with van der Waals surface area (Å²) >= 11 is 0. The molecule has 27 rings (SSSR count). The highest BCUT2D eigenvalue weighted by atomic mass is 15.0. The molecule has 632 valence electrons. The number of hydrogen-bond donors (Lipinski definition) is 0. The maximum absolute atomic E-state index is 5.49. The molecule has 0 unspecified atom stereocenters. The standard InChI is InChI=1S/C68H43N3.C62H39N3/c1-4-18-44(19-5-1)50-40-51(45-20-6-2-7-21-45)42-52(41-50)46-32-34-49(35-33-46)67-59-30-16-17-31-61(59)69-68(70-67)58-37-39-62(56-28-14-12-26-54(56)58)71-63-38-36-48-24-10-11-25-53(48)65(63)66-57-29-15-13-27-55(57)60(43-64(66)71)47-22-8-3-9-23-47;1-3-14-40(15-4-1)47-36-48(41-16-5-2-6-17-41)38-49(37-47)42-26-28-45(29-27-42)61-55-23-11-12-25-56(55)63-62(64-61)54-24-13-20-46-39-50(32-33-51(46)54)65-57-34-30-43-18-7-9-21-52(43)59(57)60-53-22-10-8-19-44(53)31-35-58(60)65/h1-43H;1-39H. The van der Waals surface area contributed by atoms with Crippen molar-refractivity contribution >= 4 is 130 Å². The predicted molar refractivity (Wildman–Crippen MR) is 573 cm³/mol. The van der Waals surface area contributed by atoms with E-state index in [1.165, 1.54) is 148 Å². The van der Waals surface area contributed by atoms with Crippen molar-refractivity contribution in [1.29, 1.82) is 0 Å². The summed E-state index contributed by atoms with van der Waals surface area (Å²) in [6, 6.07) is 179. The molecule has 0 amide bonds. The van der Waals surface area contributed by atoms with Gasteiger partial charge in [0, 0.05) is 65.6 Å². The van der Waals surface area contributed by atoms with Gasteiger partial charge in [0.25, 0.3) is 0 Å². The highest BCUT2D eigenvalue weighted by Crippen LogP contribution is 2.49. The van der Waals surface area contributed by atoms with Crippen LogP contribution in [0.5, 0.6) is 0 Å². The van der Waals surface area contributed by atoms with Crippen LogP contribution in [-0.2, 0) is 0 Å². The number of fused-ring (bicyclic) bond motifs is 18. The van der Waals surface area contributed by atoms with Crippen molar-refractivity contribution in [2.75, 3.05) is 0 Å². The van der Waals surface area contributed by atoms with E-state index < -0.39 is 0 Å². The molecule has 0 fully saturated rings. The van der Waals surface area contributed by atoms with Crippen molar-refractivity contribution in [1.82, 2.24) is 29.1 Å². The molecule has 4 heterocycles. The summed E-state index contributed by atoms with van der Waals surface area (Å²) in [5.41, 5.74) is 31.2. The molecule has 4 aromatic heterocycles. The van der Waals surface area contributed by atoms with E-state index >= 15 is 0 Å². The smallest absolute Gasteiger partial charge is 0.161 e. The lowest BCUT2D eigenvalue weighted by atomic mass is 9.93. The zero-order chi connectivity index (χ0) is 89.7. The van der Waals surface area contributed by atoms with Crippen LogP contribution in [0.3, 0.4) is 0 Å². The molecule has 6 heteroatoms. The lowest BCUT2D eigenvalue weighted by Gasteiger charge is -2.16. The topological polar surface area (TPSA) is 61.4 Å². The molecular weight excluding hydrogens is 1650 g/mol. The van der Waals surface area contributed by atoms with Gasteiger partial charge in [-0.25, -0.2) is 19.9 Å². The van der Waals surface area contributed by atoms with Crippen LogP contribution in [0, 0.1) is 0 Å². The molecule has 23 aromatic carbocycles. The molecule has 0 aliphatic heterocycles. The number of para-hydroxylation sites is 2. The quantitative estimate of drug-likeness (QED) is 0.115. The average Bonchev–Trinajstić information content (AvgIpc) is 1.54. The predicted octanol–water partition coefficient (Wildman–Crippen LogP) is 34.7. The summed E-state index contributed by atoms with van der Waals surface area (Å²) in [4.78, 5) is 21.4. The Morgan fingerprint density at radius 1 is 0.147 bits per heavy atom. The van der Waals surface area contributed by atoms with E-state index in [2.05, 4.69) is 507 Å². The summed E-state index contributed by atoms with van der Waals surface area (Å²) in [7, 11) is 0. The molecule has 0 saturated heterocycles. The third kappa shape index (κ3) is 13.7. The molecule has 6 nitrogen and oxygen atoms in total. The SMILES string of the molecule is c1ccc(-c2cc(-c3ccccc3)cc(-c3ccc(-c4nc(-c5ccc(-n6c7ccc8ccccc8c7c7c8ccccc8c(-c8ccccc8)cc76)c6ccccc56)nc5ccccc45)cc3)c2)cc1.c1ccc(-c2cc(-c3ccccc3)cc(-c3ccc(-c4nc(-c5cccc6cc(-n7c8ccc9ccccc9c8c8c9ccccc9ccc87)ccc56)nc5ccccc45)cc3)c2)cc1. The zero-order valence-corrected chi connectivity index (χ0v) is 74.0. The fourth-order valence-corrected chi connectivity index (χ4v) is 21.1. The Hall–Kier alpha value is -18.1. The van der Waals surface area contributed by atoms with Gasteiger partial charge >= 0.3 is 0 Å². The number of nitrogens with zero attached hydrogens (tertiary/aromatic N) is 6. The first kappa shape index (κ1) is 78.9. The van der Waals surface area contributed by atoms with Crippen LogP contribution < -0.4 is 0 Å². The van der Waals surface area contributed by atoms with Crippen molar-refractivity contribution in [3.63, 3.8) is 0 Å². The second-order valence-electron chi connectivity index (χ2n) is 35.4. The average molecular weight is 1730 g/mol. The van der Waals surface area contributed by atoms with Gasteiger partial charge < -0.3 is 9.13 Å². The minimum absolute atomic E-state index is 0.694. The van der Waals surface area contributed by atoms with E-state index in [1.807, 2.05) is 0 Å². The van der Waals surface area contributed by atoms with Crippen LogP contribution in [-0.4, -0.2) is 29.1 Å². The van der Waals surface area contributed by atoms with Crippen LogP contribution in [0.15, 0.2) is 497 Å². The molecule has 0 bridgehead atoms. The van der Waals surface area contributed by atoms with Crippen LogP contribution in [0.2, 0.25) is 0 Å². The second-order valence-corrected chi connectivity index (χ2v) is 35.4.